The monoisotopic (exact) mass is 454 g/mol. The minimum atomic E-state index is -0.554. The quantitative estimate of drug-likeness (QED) is 0.412. The van der Waals surface area contributed by atoms with E-state index in [1.54, 1.807) is 36.4 Å². The summed E-state index contributed by atoms with van der Waals surface area (Å²) in [5.41, 5.74) is 0.969. The number of hydrogen-bond donors (Lipinski definition) is 2. The Balaban J connectivity index is 2.31. The van der Waals surface area contributed by atoms with Crippen molar-refractivity contribution in [2.24, 2.45) is 0 Å². The maximum atomic E-state index is 12.2. The van der Waals surface area contributed by atoms with Gasteiger partial charge < -0.3 is 15.2 Å². The second kappa shape index (κ2) is 8.04. The Labute approximate surface area is 157 Å². The first-order valence-corrected chi connectivity index (χ1v) is 8.15. The third-order valence-electron chi connectivity index (χ3n) is 3.03. The summed E-state index contributed by atoms with van der Waals surface area (Å²) in [5.74, 6) is -0.278. The molecular weight excluding hydrogens is 443 g/mol. The number of nitrogens with zero attached hydrogens (tertiary/aromatic N) is 1. The largest absolute Gasteiger partial charge is 0.504 e. The second-order valence-corrected chi connectivity index (χ2v) is 6.29. The van der Waals surface area contributed by atoms with E-state index in [2.05, 4.69) is 5.32 Å². The lowest BCUT2D eigenvalue weighted by molar-refractivity contribution is -0.112. The standard InChI is InChI=1S/C17H12ClIN2O3/c1-24-15-7-10(6-14(19)16(15)22)5-11(9-20)17(23)21-13-4-2-3-12(18)8-13/h2-8,22H,1H3,(H,21,23)/b11-5+. The lowest BCUT2D eigenvalue weighted by Gasteiger charge is -2.08. The number of carbonyl (C=O) groups is 1. The number of anilines is 1. The maximum Gasteiger partial charge on any atom is 0.266 e. The van der Waals surface area contributed by atoms with Gasteiger partial charge in [0.2, 0.25) is 0 Å². The van der Waals surface area contributed by atoms with Gasteiger partial charge in [-0.3, -0.25) is 4.79 Å². The van der Waals surface area contributed by atoms with Gasteiger partial charge in [0, 0.05) is 10.7 Å². The molecule has 0 saturated heterocycles. The number of carbonyl (C=O) groups excluding carboxylic acids is 1. The highest BCUT2D eigenvalue weighted by Gasteiger charge is 2.12. The molecule has 0 radical (unpaired) electrons. The van der Waals surface area contributed by atoms with E-state index in [0.29, 0.717) is 19.8 Å². The molecule has 5 nitrogen and oxygen atoms in total. The fraction of sp³-hybridized carbons (Fsp3) is 0.0588. The highest BCUT2D eigenvalue weighted by molar-refractivity contribution is 14.1. The van der Waals surface area contributed by atoms with Crippen molar-refractivity contribution in [1.29, 1.82) is 5.26 Å². The Morgan fingerprint density at radius 1 is 1.42 bits per heavy atom. The third-order valence-corrected chi connectivity index (χ3v) is 4.09. The van der Waals surface area contributed by atoms with Gasteiger partial charge in [-0.1, -0.05) is 17.7 Å². The van der Waals surface area contributed by atoms with Gasteiger partial charge in [0.05, 0.1) is 10.7 Å². The molecule has 0 unspecified atom stereocenters. The molecule has 2 aromatic rings. The number of aromatic hydroxyl groups is 1. The summed E-state index contributed by atoms with van der Waals surface area (Å²) in [6.07, 6.45) is 1.42. The normalized spacial score (nSPS) is 10.8. The van der Waals surface area contributed by atoms with Crippen molar-refractivity contribution in [2.45, 2.75) is 0 Å². The molecule has 2 N–H and O–H groups in total. The minimum absolute atomic E-state index is 0.0112. The molecule has 0 aliphatic heterocycles. The number of hydrogen-bond acceptors (Lipinski definition) is 4. The number of nitriles is 1. The smallest absolute Gasteiger partial charge is 0.266 e. The molecule has 0 aliphatic rings. The molecule has 0 saturated carbocycles. The number of halogens is 2. The molecule has 0 fully saturated rings. The van der Waals surface area contributed by atoms with Crippen molar-refractivity contribution in [3.05, 3.63) is 56.1 Å². The van der Waals surface area contributed by atoms with E-state index in [0.717, 1.165) is 0 Å². The molecule has 0 aliphatic carbocycles. The average molecular weight is 455 g/mol. The fourth-order valence-corrected chi connectivity index (χ4v) is 2.73. The van der Waals surface area contributed by atoms with E-state index in [9.17, 15) is 15.2 Å². The zero-order valence-corrected chi connectivity index (χ0v) is 15.4. The zero-order valence-electron chi connectivity index (χ0n) is 12.5. The summed E-state index contributed by atoms with van der Waals surface area (Å²) in [5, 5.41) is 22.2. The first kappa shape index (κ1) is 18.1. The molecular formula is C17H12ClIN2O3. The van der Waals surface area contributed by atoms with Crippen LogP contribution in [0.2, 0.25) is 5.02 Å². The van der Waals surface area contributed by atoms with Crippen LogP contribution in [0.1, 0.15) is 5.56 Å². The average Bonchev–Trinajstić information content (AvgIpc) is 2.55. The third kappa shape index (κ3) is 4.40. The van der Waals surface area contributed by atoms with Crippen LogP contribution in [0.15, 0.2) is 42.0 Å². The van der Waals surface area contributed by atoms with Gasteiger partial charge in [-0.25, -0.2) is 0 Å². The summed E-state index contributed by atoms with van der Waals surface area (Å²) >= 11 is 7.81. The molecule has 0 spiro atoms. The van der Waals surface area contributed by atoms with Crippen molar-refractivity contribution < 1.29 is 14.6 Å². The van der Waals surface area contributed by atoms with Crippen LogP contribution in [0.5, 0.6) is 11.5 Å². The lowest BCUT2D eigenvalue weighted by atomic mass is 10.1. The van der Waals surface area contributed by atoms with Gasteiger partial charge in [0.15, 0.2) is 11.5 Å². The maximum absolute atomic E-state index is 12.2. The summed E-state index contributed by atoms with van der Waals surface area (Å²) in [6.45, 7) is 0. The number of nitrogens with one attached hydrogen (secondary N) is 1. The van der Waals surface area contributed by atoms with E-state index < -0.39 is 5.91 Å². The number of rotatable bonds is 4. The van der Waals surface area contributed by atoms with Gasteiger partial charge in [0.1, 0.15) is 11.6 Å². The number of amides is 1. The number of ether oxygens (including phenoxy) is 1. The van der Waals surface area contributed by atoms with E-state index in [1.807, 2.05) is 28.7 Å². The lowest BCUT2D eigenvalue weighted by Crippen LogP contribution is -2.13. The van der Waals surface area contributed by atoms with Gasteiger partial charge >= 0.3 is 0 Å². The van der Waals surface area contributed by atoms with E-state index in [4.69, 9.17) is 16.3 Å². The van der Waals surface area contributed by atoms with Crippen molar-refractivity contribution in [1.82, 2.24) is 0 Å². The minimum Gasteiger partial charge on any atom is -0.504 e. The summed E-state index contributed by atoms with van der Waals surface area (Å²) < 4.78 is 5.62. The van der Waals surface area contributed by atoms with Crippen molar-refractivity contribution in [2.75, 3.05) is 12.4 Å². The van der Waals surface area contributed by atoms with Crippen LogP contribution in [-0.4, -0.2) is 18.1 Å². The van der Waals surface area contributed by atoms with Crippen LogP contribution >= 0.6 is 34.2 Å². The highest BCUT2D eigenvalue weighted by Crippen LogP contribution is 2.33. The molecule has 0 atom stereocenters. The molecule has 7 heteroatoms. The Morgan fingerprint density at radius 2 is 2.17 bits per heavy atom. The second-order valence-electron chi connectivity index (χ2n) is 4.69. The predicted molar refractivity (Wildman–Crippen MR) is 101 cm³/mol. The molecule has 24 heavy (non-hydrogen) atoms. The van der Waals surface area contributed by atoms with E-state index >= 15 is 0 Å². The number of benzene rings is 2. The molecule has 2 rings (SSSR count). The van der Waals surface area contributed by atoms with Gasteiger partial charge in [-0.2, -0.15) is 5.26 Å². The van der Waals surface area contributed by atoms with Crippen LogP contribution in [0, 0.1) is 14.9 Å². The Morgan fingerprint density at radius 3 is 2.79 bits per heavy atom. The topological polar surface area (TPSA) is 82.3 Å². The summed E-state index contributed by atoms with van der Waals surface area (Å²) in [6, 6.07) is 11.7. The zero-order chi connectivity index (χ0) is 17.7. The molecule has 2 aromatic carbocycles. The molecule has 0 bridgehead atoms. The first-order valence-electron chi connectivity index (χ1n) is 6.70. The molecule has 0 heterocycles. The van der Waals surface area contributed by atoms with Crippen molar-refractivity contribution >= 4 is 51.9 Å². The van der Waals surface area contributed by atoms with Crippen LogP contribution in [0.25, 0.3) is 6.08 Å². The number of methoxy groups -OCH3 is 1. The summed E-state index contributed by atoms with van der Waals surface area (Å²) in [7, 11) is 1.43. The molecule has 122 valence electrons. The van der Waals surface area contributed by atoms with Crippen LogP contribution in [-0.2, 0) is 4.79 Å². The fourth-order valence-electron chi connectivity index (χ4n) is 1.91. The molecule has 1 amide bonds. The SMILES string of the molecule is COc1cc(/C=C(\C#N)C(=O)Nc2cccc(Cl)c2)cc(I)c1O. The first-order chi connectivity index (χ1) is 11.4. The number of phenols is 1. The van der Waals surface area contributed by atoms with Crippen LogP contribution < -0.4 is 10.1 Å². The molecule has 0 aromatic heterocycles. The van der Waals surface area contributed by atoms with E-state index in [-0.39, 0.29) is 17.1 Å². The number of phenolic OH excluding ortho intramolecular Hbond substituents is 1. The van der Waals surface area contributed by atoms with Crippen molar-refractivity contribution in [3.8, 4) is 17.6 Å². The van der Waals surface area contributed by atoms with Crippen molar-refractivity contribution in [3.63, 3.8) is 0 Å². The Kier molecular flexibility index (Phi) is 6.06. The van der Waals surface area contributed by atoms with E-state index in [1.165, 1.54) is 13.2 Å². The van der Waals surface area contributed by atoms with Gasteiger partial charge in [-0.05, 0) is 64.6 Å². The Bertz CT molecular complexity index is 859. The Hall–Kier alpha value is -2.24. The summed E-state index contributed by atoms with van der Waals surface area (Å²) in [4.78, 5) is 12.2. The van der Waals surface area contributed by atoms with Crippen LogP contribution in [0.3, 0.4) is 0 Å². The van der Waals surface area contributed by atoms with Crippen LogP contribution in [0.4, 0.5) is 5.69 Å². The predicted octanol–water partition coefficient (Wildman–Crippen LogP) is 4.20. The van der Waals surface area contributed by atoms with Gasteiger partial charge in [-0.15, -0.1) is 0 Å². The highest BCUT2D eigenvalue weighted by atomic mass is 127. The van der Waals surface area contributed by atoms with Gasteiger partial charge in [0.25, 0.3) is 5.91 Å².